The second kappa shape index (κ2) is 6.93. The Hall–Kier alpha value is -1.88. The van der Waals surface area contributed by atoms with Crippen LogP contribution in [0.25, 0.3) is 0 Å². The smallest absolute Gasteiger partial charge is 0.359 e. The fourth-order valence-electron chi connectivity index (χ4n) is 2.60. The number of carbonyl (C=O) groups excluding carboxylic acids is 1. The first-order chi connectivity index (χ1) is 11.6. The molecule has 10 heteroatoms. The molecule has 1 aliphatic rings. The third kappa shape index (κ3) is 3.05. The molecule has 0 spiro atoms. The van der Waals surface area contributed by atoms with Crippen LogP contribution in [0.3, 0.4) is 0 Å². The maximum Gasteiger partial charge on any atom is 0.359 e. The van der Waals surface area contributed by atoms with Crippen molar-refractivity contribution in [3.8, 4) is 0 Å². The van der Waals surface area contributed by atoms with Crippen LogP contribution < -0.4 is 5.32 Å². The van der Waals surface area contributed by atoms with Gasteiger partial charge >= 0.3 is 5.97 Å². The average molecular weight is 368 g/mol. The summed E-state index contributed by atoms with van der Waals surface area (Å²) in [5.74, 6) is -0.761. The highest BCUT2D eigenvalue weighted by molar-refractivity contribution is 7.89. The second-order valence-electron chi connectivity index (χ2n) is 5.14. The van der Waals surface area contributed by atoms with E-state index < -0.39 is 22.0 Å². The number of nitrogens with zero attached hydrogens (tertiary/aromatic N) is 3. The zero-order chi connectivity index (χ0) is 17.2. The van der Waals surface area contributed by atoms with E-state index in [1.165, 1.54) is 16.8 Å². The molecule has 1 unspecified atom stereocenters. The van der Waals surface area contributed by atoms with E-state index in [0.29, 0.717) is 19.6 Å². The normalized spacial score (nSPS) is 19.1. The molecule has 0 aromatic carbocycles. The third-order valence-electron chi connectivity index (χ3n) is 3.77. The lowest BCUT2D eigenvalue weighted by atomic mass is 10.1. The highest BCUT2D eigenvalue weighted by Gasteiger charge is 2.38. The van der Waals surface area contributed by atoms with Gasteiger partial charge in [0.05, 0.1) is 13.2 Å². The second-order valence-corrected chi connectivity index (χ2v) is 7.63. The topological polar surface area (TPSA) is 101 Å². The van der Waals surface area contributed by atoms with E-state index in [4.69, 9.17) is 0 Å². The van der Waals surface area contributed by atoms with Crippen LogP contribution in [0.5, 0.6) is 0 Å². The highest BCUT2D eigenvalue weighted by atomic mass is 32.2. The molecule has 128 valence electrons. The Morgan fingerprint density at radius 3 is 3.04 bits per heavy atom. The molecule has 0 saturated carbocycles. The van der Waals surface area contributed by atoms with Crippen LogP contribution in [-0.4, -0.2) is 54.8 Å². The average Bonchev–Trinajstić information content (AvgIpc) is 3.12. The maximum absolute atomic E-state index is 13.1. The SMILES string of the molecule is COC(=O)c1nscc1S(=O)(=O)N1CCNCC1c1cccnc1. The van der Waals surface area contributed by atoms with Crippen LogP contribution in [0.15, 0.2) is 34.8 Å². The van der Waals surface area contributed by atoms with Gasteiger partial charge in [0.25, 0.3) is 0 Å². The van der Waals surface area contributed by atoms with Gasteiger partial charge in [-0.25, -0.2) is 13.2 Å². The number of hydrogen-bond acceptors (Lipinski definition) is 8. The molecule has 24 heavy (non-hydrogen) atoms. The van der Waals surface area contributed by atoms with E-state index in [1.54, 1.807) is 18.5 Å². The van der Waals surface area contributed by atoms with Gasteiger partial charge < -0.3 is 10.1 Å². The fourth-order valence-corrected chi connectivity index (χ4v) is 5.30. The molecule has 0 aliphatic carbocycles. The molecule has 0 bridgehead atoms. The van der Waals surface area contributed by atoms with Crippen molar-refractivity contribution in [2.24, 2.45) is 0 Å². The van der Waals surface area contributed by atoms with Crippen molar-refractivity contribution in [3.63, 3.8) is 0 Å². The summed E-state index contributed by atoms with van der Waals surface area (Å²) < 4.78 is 36.1. The molecule has 1 fully saturated rings. The first kappa shape index (κ1) is 17.0. The molecule has 1 aliphatic heterocycles. The Balaban J connectivity index is 2.01. The van der Waals surface area contributed by atoms with Crippen molar-refractivity contribution >= 4 is 27.5 Å². The molecule has 1 saturated heterocycles. The maximum atomic E-state index is 13.1. The summed E-state index contributed by atoms with van der Waals surface area (Å²) in [7, 11) is -2.69. The number of hydrogen-bond donors (Lipinski definition) is 1. The number of aromatic nitrogens is 2. The number of ether oxygens (including phenoxy) is 1. The van der Waals surface area contributed by atoms with Gasteiger partial charge in [0.1, 0.15) is 4.90 Å². The van der Waals surface area contributed by atoms with Crippen molar-refractivity contribution in [1.29, 1.82) is 0 Å². The Labute approximate surface area is 143 Å². The lowest BCUT2D eigenvalue weighted by Gasteiger charge is -2.35. The van der Waals surface area contributed by atoms with E-state index in [9.17, 15) is 13.2 Å². The molecular formula is C14H16N4O4S2. The zero-order valence-electron chi connectivity index (χ0n) is 12.9. The van der Waals surface area contributed by atoms with Crippen molar-refractivity contribution in [3.05, 3.63) is 41.2 Å². The predicted octanol–water partition coefficient (Wildman–Crippen LogP) is 0.660. The van der Waals surface area contributed by atoms with Crippen molar-refractivity contribution in [2.45, 2.75) is 10.9 Å². The molecule has 1 atom stereocenters. The monoisotopic (exact) mass is 368 g/mol. The van der Waals surface area contributed by atoms with Gasteiger partial charge in [-0.2, -0.15) is 8.68 Å². The summed E-state index contributed by atoms with van der Waals surface area (Å²) in [4.78, 5) is 15.7. The first-order valence-electron chi connectivity index (χ1n) is 7.21. The van der Waals surface area contributed by atoms with E-state index in [2.05, 4.69) is 19.4 Å². The zero-order valence-corrected chi connectivity index (χ0v) is 14.5. The molecule has 8 nitrogen and oxygen atoms in total. The van der Waals surface area contributed by atoms with E-state index in [1.807, 2.05) is 6.07 Å². The molecule has 3 heterocycles. The summed E-state index contributed by atoms with van der Waals surface area (Å²) in [6.45, 7) is 1.29. The Morgan fingerprint density at radius 2 is 2.33 bits per heavy atom. The molecule has 0 amide bonds. The molecule has 3 rings (SSSR count). The number of piperazine rings is 1. The van der Waals surface area contributed by atoms with Crippen LogP contribution in [0, 0.1) is 0 Å². The van der Waals surface area contributed by atoms with Crippen LogP contribution in [0.1, 0.15) is 22.1 Å². The van der Waals surface area contributed by atoms with Crippen LogP contribution in [0.2, 0.25) is 0 Å². The van der Waals surface area contributed by atoms with Crippen molar-refractivity contribution in [1.82, 2.24) is 19.0 Å². The van der Waals surface area contributed by atoms with E-state index in [-0.39, 0.29) is 10.6 Å². The number of sulfonamides is 1. The van der Waals surface area contributed by atoms with Gasteiger partial charge in [-0.05, 0) is 23.2 Å². The largest absolute Gasteiger partial charge is 0.464 e. The van der Waals surface area contributed by atoms with Crippen molar-refractivity contribution in [2.75, 3.05) is 26.7 Å². The van der Waals surface area contributed by atoms with Gasteiger partial charge in [-0.3, -0.25) is 4.98 Å². The Kier molecular flexibility index (Phi) is 4.90. The Morgan fingerprint density at radius 1 is 1.50 bits per heavy atom. The standard InChI is InChI=1S/C14H16N4O4S2/c1-22-14(19)13-12(9-23-17-13)24(20,21)18-6-5-16-8-11(18)10-3-2-4-15-7-10/h2-4,7,9,11,16H,5-6,8H2,1H3. The van der Waals surface area contributed by atoms with Gasteiger partial charge in [-0.1, -0.05) is 6.07 Å². The van der Waals surface area contributed by atoms with Gasteiger partial charge in [0, 0.05) is 37.4 Å². The quantitative estimate of drug-likeness (QED) is 0.791. The number of rotatable bonds is 4. The van der Waals surface area contributed by atoms with Crippen LogP contribution in [-0.2, 0) is 14.8 Å². The first-order valence-corrected chi connectivity index (χ1v) is 9.48. The summed E-state index contributed by atoms with van der Waals surface area (Å²) in [5, 5.41) is 4.56. The van der Waals surface area contributed by atoms with Gasteiger partial charge in [0.2, 0.25) is 10.0 Å². The number of carbonyl (C=O) groups is 1. The summed E-state index contributed by atoms with van der Waals surface area (Å²) in [6.07, 6.45) is 3.28. The van der Waals surface area contributed by atoms with E-state index >= 15 is 0 Å². The lowest BCUT2D eigenvalue weighted by molar-refractivity contribution is 0.0590. The molecule has 2 aromatic heterocycles. The number of pyridine rings is 1. The lowest BCUT2D eigenvalue weighted by Crippen LogP contribution is -2.48. The molecule has 2 aromatic rings. The highest BCUT2D eigenvalue weighted by Crippen LogP contribution is 2.30. The minimum Gasteiger partial charge on any atom is -0.464 e. The number of esters is 1. The molecular weight excluding hydrogens is 352 g/mol. The summed E-state index contributed by atoms with van der Waals surface area (Å²) in [5.41, 5.74) is 0.613. The Bertz CT molecular complexity index is 822. The minimum absolute atomic E-state index is 0.116. The van der Waals surface area contributed by atoms with Crippen LogP contribution in [0.4, 0.5) is 0 Å². The molecule has 0 radical (unpaired) electrons. The summed E-state index contributed by atoms with van der Waals surface area (Å²) in [6, 6.07) is 3.20. The van der Waals surface area contributed by atoms with E-state index in [0.717, 1.165) is 17.1 Å². The minimum atomic E-state index is -3.89. The number of methoxy groups -OCH3 is 1. The van der Waals surface area contributed by atoms with Gasteiger partial charge in [-0.15, -0.1) is 0 Å². The van der Waals surface area contributed by atoms with Crippen molar-refractivity contribution < 1.29 is 17.9 Å². The van der Waals surface area contributed by atoms with Gasteiger partial charge in [0.15, 0.2) is 5.69 Å². The summed E-state index contributed by atoms with van der Waals surface area (Å²) >= 11 is 0.913. The molecule has 1 N–H and O–H groups in total. The fraction of sp³-hybridized carbons (Fsp3) is 0.357. The predicted molar refractivity (Wildman–Crippen MR) is 87.2 cm³/mol. The number of nitrogens with one attached hydrogen (secondary N) is 1. The third-order valence-corrected chi connectivity index (χ3v) is 6.47. The van der Waals surface area contributed by atoms with Crippen LogP contribution >= 0.6 is 11.5 Å².